The van der Waals surface area contributed by atoms with Gasteiger partial charge < -0.3 is 8.98 Å². The Morgan fingerprint density at radius 2 is 2.14 bits per heavy atom. The Bertz CT molecular complexity index is 882. The van der Waals surface area contributed by atoms with Crippen molar-refractivity contribution in [3.8, 4) is 0 Å². The van der Waals surface area contributed by atoms with E-state index in [0.29, 0.717) is 17.9 Å². The van der Waals surface area contributed by atoms with Crippen LogP contribution in [0.1, 0.15) is 11.4 Å². The SMILES string of the molecule is CS(=O)(=O)c1cccc2c1nc(CCl)n2Cc1ccoc1. The zero-order valence-corrected chi connectivity index (χ0v) is 12.9. The molecule has 0 aliphatic carbocycles. The van der Waals surface area contributed by atoms with Crippen LogP contribution in [-0.2, 0) is 22.3 Å². The summed E-state index contributed by atoms with van der Waals surface area (Å²) in [4.78, 5) is 4.62. The van der Waals surface area contributed by atoms with Crippen molar-refractivity contribution in [3.63, 3.8) is 0 Å². The van der Waals surface area contributed by atoms with Gasteiger partial charge in [-0.05, 0) is 18.2 Å². The van der Waals surface area contributed by atoms with Crippen LogP contribution in [0.4, 0.5) is 0 Å². The predicted octanol–water partition coefficient (Wildman–Crippen LogP) is 2.82. The fourth-order valence-corrected chi connectivity index (χ4v) is 3.34. The Balaban J connectivity index is 2.24. The summed E-state index contributed by atoms with van der Waals surface area (Å²) in [5, 5.41) is 0. The summed E-state index contributed by atoms with van der Waals surface area (Å²) in [6, 6.07) is 6.96. The van der Waals surface area contributed by atoms with E-state index in [2.05, 4.69) is 4.98 Å². The molecule has 0 fully saturated rings. The van der Waals surface area contributed by atoms with Crippen molar-refractivity contribution in [1.82, 2.24) is 9.55 Å². The highest BCUT2D eigenvalue weighted by atomic mass is 35.5. The van der Waals surface area contributed by atoms with Crippen molar-refractivity contribution in [1.29, 1.82) is 0 Å². The third-order valence-corrected chi connectivity index (χ3v) is 4.63. The van der Waals surface area contributed by atoms with E-state index in [1.807, 2.05) is 16.7 Å². The van der Waals surface area contributed by atoms with Gasteiger partial charge in [0.25, 0.3) is 0 Å². The molecule has 21 heavy (non-hydrogen) atoms. The maximum absolute atomic E-state index is 11.9. The molecule has 0 saturated carbocycles. The second kappa shape index (κ2) is 5.20. The van der Waals surface area contributed by atoms with E-state index in [-0.39, 0.29) is 10.8 Å². The molecule has 2 aromatic heterocycles. The van der Waals surface area contributed by atoms with Gasteiger partial charge in [-0.15, -0.1) is 11.6 Å². The molecule has 3 rings (SSSR count). The van der Waals surface area contributed by atoms with Crippen LogP contribution in [-0.4, -0.2) is 24.2 Å². The Morgan fingerprint density at radius 1 is 1.33 bits per heavy atom. The topological polar surface area (TPSA) is 65.1 Å². The van der Waals surface area contributed by atoms with Gasteiger partial charge in [0.15, 0.2) is 9.84 Å². The van der Waals surface area contributed by atoms with Crippen LogP contribution in [0.5, 0.6) is 0 Å². The van der Waals surface area contributed by atoms with Gasteiger partial charge in [0.1, 0.15) is 11.3 Å². The number of fused-ring (bicyclic) bond motifs is 1. The van der Waals surface area contributed by atoms with Gasteiger partial charge in [-0.1, -0.05) is 6.07 Å². The van der Waals surface area contributed by atoms with Gasteiger partial charge in [0, 0.05) is 11.8 Å². The first-order chi connectivity index (χ1) is 10.0. The lowest BCUT2D eigenvalue weighted by molar-refractivity contribution is 0.562. The van der Waals surface area contributed by atoms with Crippen molar-refractivity contribution in [2.45, 2.75) is 17.3 Å². The molecule has 0 spiro atoms. The number of hydrogen-bond acceptors (Lipinski definition) is 4. The summed E-state index contributed by atoms with van der Waals surface area (Å²) in [5.41, 5.74) is 2.17. The highest BCUT2D eigenvalue weighted by Crippen LogP contribution is 2.25. The number of nitrogens with zero attached hydrogens (tertiary/aromatic N) is 2. The summed E-state index contributed by atoms with van der Waals surface area (Å²) >= 11 is 5.95. The molecule has 0 aliphatic rings. The first-order valence-electron chi connectivity index (χ1n) is 6.26. The third-order valence-electron chi connectivity index (χ3n) is 3.26. The van der Waals surface area contributed by atoms with Crippen molar-refractivity contribution >= 4 is 32.5 Å². The fraction of sp³-hybridized carbons (Fsp3) is 0.214. The van der Waals surface area contributed by atoms with E-state index in [1.165, 1.54) is 6.26 Å². The highest BCUT2D eigenvalue weighted by molar-refractivity contribution is 7.91. The molecule has 2 heterocycles. The second-order valence-electron chi connectivity index (χ2n) is 4.78. The minimum atomic E-state index is -3.34. The molecular weight excluding hydrogens is 312 g/mol. The van der Waals surface area contributed by atoms with E-state index in [4.69, 9.17) is 16.0 Å². The third kappa shape index (κ3) is 2.56. The largest absolute Gasteiger partial charge is 0.472 e. The Kier molecular flexibility index (Phi) is 3.51. The van der Waals surface area contributed by atoms with Crippen LogP contribution in [0.2, 0.25) is 0 Å². The molecule has 0 N–H and O–H groups in total. The summed E-state index contributed by atoms with van der Waals surface area (Å²) in [7, 11) is -3.34. The summed E-state index contributed by atoms with van der Waals surface area (Å²) < 4.78 is 30.7. The maximum Gasteiger partial charge on any atom is 0.177 e. The number of para-hydroxylation sites is 1. The molecule has 7 heteroatoms. The standard InChI is InChI=1S/C14H13ClN2O3S/c1-21(18,19)12-4-2-3-11-14(12)16-13(7-15)17(11)8-10-5-6-20-9-10/h2-6,9H,7-8H2,1H3. The number of alkyl halides is 1. The normalized spacial score (nSPS) is 12.1. The molecule has 0 atom stereocenters. The van der Waals surface area contributed by atoms with Gasteiger partial charge in [-0.25, -0.2) is 13.4 Å². The molecule has 0 unspecified atom stereocenters. The summed E-state index contributed by atoms with van der Waals surface area (Å²) in [6.07, 6.45) is 4.41. The maximum atomic E-state index is 11.9. The van der Waals surface area contributed by atoms with Crippen LogP contribution in [0.15, 0.2) is 46.1 Å². The average Bonchev–Trinajstić information content (AvgIpc) is 3.05. The number of aromatic nitrogens is 2. The lowest BCUT2D eigenvalue weighted by Gasteiger charge is -2.06. The molecule has 5 nitrogen and oxygen atoms in total. The van der Waals surface area contributed by atoms with Crippen LogP contribution < -0.4 is 0 Å². The zero-order valence-electron chi connectivity index (χ0n) is 11.3. The zero-order chi connectivity index (χ0) is 15.0. The smallest absolute Gasteiger partial charge is 0.177 e. The lowest BCUT2D eigenvalue weighted by Crippen LogP contribution is -2.03. The molecule has 110 valence electrons. The molecule has 0 radical (unpaired) electrons. The molecule has 0 saturated heterocycles. The Morgan fingerprint density at radius 3 is 2.76 bits per heavy atom. The first-order valence-corrected chi connectivity index (χ1v) is 8.68. The van der Waals surface area contributed by atoms with Crippen molar-refractivity contribution in [2.24, 2.45) is 0 Å². The average molecular weight is 325 g/mol. The number of rotatable bonds is 4. The number of halogens is 1. The number of hydrogen-bond donors (Lipinski definition) is 0. The number of furan rings is 1. The summed E-state index contributed by atoms with van der Waals surface area (Å²) in [5.74, 6) is 0.833. The minimum Gasteiger partial charge on any atom is -0.472 e. The van der Waals surface area contributed by atoms with E-state index in [0.717, 1.165) is 11.1 Å². The van der Waals surface area contributed by atoms with Gasteiger partial charge >= 0.3 is 0 Å². The number of benzene rings is 1. The second-order valence-corrected chi connectivity index (χ2v) is 7.03. The van der Waals surface area contributed by atoms with Gasteiger partial charge in [0.05, 0.1) is 35.4 Å². The van der Waals surface area contributed by atoms with Crippen molar-refractivity contribution < 1.29 is 12.8 Å². The van der Waals surface area contributed by atoms with Gasteiger partial charge in [0.2, 0.25) is 0 Å². The lowest BCUT2D eigenvalue weighted by atomic mass is 10.3. The number of sulfone groups is 1. The molecule has 3 aromatic rings. The van der Waals surface area contributed by atoms with Crippen molar-refractivity contribution in [2.75, 3.05) is 6.26 Å². The van der Waals surface area contributed by atoms with Crippen LogP contribution in [0.25, 0.3) is 11.0 Å². The molecular formula is C14H13ClN2O3S. The van der Waals surface area contributed by atoms with E-state index in [9.17, 15) is 8.42 Å². The van der Waals surface area contributed by atoms with Gasteiger partial charge in [-0.2, -0.15) is 0 Å². The monoisotopic (exact) mass is 324 g/mol. The Labute approximate surface area is 127 Å². The quantitative estimate of drug-likeness (QED) is 0.692. The van der Waals surface area contributed by atoms with E-state index < -0.39 is 9.84 Å². The molecule has 0 amide bonds. The number of imidazole rings is 1. The van der Waals surface area contributed by atoms with Crippen LogP contribution in [0, 0.1) is 0 Å². The molecule has 0 bridgehead atoms. The van der Waals surface area contributed by atoms with E-state index >= 15 is 0 Å². The molecule has 0 aliphatic heterocycles. The molecule has 1 aromatic carbocycles. The van der Waals surface area contributed by atoms with E-state index in [1.54, 1.807) is 24.7 Å². The predicted molar refractivity (Wildman–Crippen MR) is 80.2 cm³/mol. The minimum absolute atomic E-state index is 0.204. The van der Waals surface area contributed by atoms with Gasteiger partial charge in [-0.3, -0.25) is 0 Å². The van der Waals surface area contributed by atoms with Crippen LogP contribution >= 0.6 is 11.6 Å². The van der Waals surface area contributed by atoms with Crippen molar-refractivity contribution in [3.05, 3.63) is 48.2 Å². The highest BCUT2D eigenvalue weighted by Gasteiger charge is 2.18. The fourth-order valence-electron chi connectivity index (χ4n) is 2.31. The van der Waals surface area contributed by atoms with Crippen LogP contribution in [0.3, 0.4) is 0 Å². The Hall–Kier alpha value is -1.79. The summed E-state index contributed by atoms with van der Waals surface area (Å²) in [6.45, 7) is 0.530. The first kappa shape index (κ1) is 14.2.